The van der Waals surface area contributed by atoms with Crippen LogP contribution in [-0.4, -0.2) is 35.2 Å². The Bertz CT molecular complexity index is 2180. The van der Waals surface area contributed by atoms with Crippen molar-refractivity contribution in [1.29, 1.82) is 0 Å². The summed E-state index contributed by atoms with van der Waals surface area (Å²) in [5.74, 6) is 1.01. The van der Waals surface area contributed by atoms with E-state index < -0.39 is 5.97 Å². The fourth-order valence-corrected chi connectivity index (χ4v) is 6.53. The van der Waals surface area contributed by atoms with Crippen molar-refractivity contribution in [2.24, 2.45) is 7.05 Å². The Morgan fingerprint density at radius 3 is 2.55 bits per heavy atom. The number of hydrogen-bond acceptors (Lipinski definition) is 3. The van der Waals surface area contributed by atoms with Gasteiger partial charge in [-0.2, -0.15) is 0 Å². The number of aryl methyl sites for hydroxylation is 3. The number of para-hydroxylation sites is 3. The van der Waals surface area contributed by atoms with Gasteiger partial charge < -0.3 is 19.2 Å². The van der Waals surface area contributed by atoms with Crippen molar-refractivity contribution in [1.82, 2.24) is 24.1 Å². The third kappa shape index (κ3) is 4.65. The van der Waals surface area contributed by atoms with Gasteiger partial charge in [0, 0.05) is 30.6 Å². The average molecular weight is 582 g/mol. The molecule has 0 saturated heterocycles. The molecule has 7 rings (SSSR count). The van der Waals surface area contributed by atoms with Gasteiger partial charge in [-0.05, 0) is 78.9 Å². The summed E-state index contributed by atoms with van der Waals surface area (Å²) in [7, 11) is 2.08. The van der Waals surface area contributed by atoms with Crippen molar-refractivity contribution in [3.63, 3.8) is 0 Å². The Balaban J connectivity index is 1.40. The van der Waals surface area contributed by atoms with Gasteiger partial charge in [-0.1, -0.05) is 56.2 Å². The molecule has 0 amide bonds. The minimum absolute atomic E-state index is 0.272. The Labute approximate surface area is 255 Å². The van der Waals surface area contributed by atoms with Crippen LogP contribution in [0.2, 0.25) is 0 Å². The largest absolute Gasteiger partial charge is 0.478 e. The third-order valence-electron chi connectivity index (χ3n) is 8.83. The molecule has 7 nitrogen and oxygen atoms in total. The molecule has 220 valence electrons. The molecule has 0 fully saturated rings. The summed E-state index contributed by atoms with van der Waals surface area (Å²) in [4.78, 5) is 25.8. The molecule has 7 aromatic rings. The van der Waals surface area contributed by atoms with E-state index in [1.807, 2.05) is 29.0 Å². The quantitative estimate of drug-likeness (QED) is 0.168. The highest BCUT2D eigenvalue weighted by molar-refractivity contribution is 5.95. The van der Waals surface area contributed by atoms with Crippen LogP contribution in [-0.2, 0) is 19.9 Å². The number of carboxylic acid groups (broad SMARTS) is 1. The second kappa shape index (κ2) is 11.2. The van der Waals surface area contributed by atoms with Crippen LogP contribution < -0.4 is 0 Å². The van der Waals surface area contributed by atoms with Crippen molar-refractivity contribution >= 4 is 38.9 Å². The number of benzene rings is 4. The monoisotopic (exact) mass is 581 g/mol. The molecule has 0 radical (unpaired) electrons. The number of rotatable bonds is 9. The van der Waals surface area contributed by atoms with Gasteiger partial charge in [0.25, 0.3) is 0 Å². The van der Waals surface area contributed by atoms with Crippen LogP contribution in [0.1, 0.15) is 59.1 Å². The maximum atomic E-state index is 12.0. The van der Waals surface area contributed by atoms with Gasteiger partial charge in [-0.25, -0.2) is 14.8 Å². The molecule has 0 saturated carbocycles. The van der Waals surface area contributed by atoms with Crippen molar-refractivity contribution < 1.29 is 9.90 Å². The van der Waals surface area contributed by atoms with Gasteiger partial charge in [-0.15, -0.1) is 0 Å². The highest BCUT2D eigenvalue weighted by Gasteiger charge is 2.21. The first kappa shape index (κ1) is 27.7. The SMILES string of the molecule is CCCCCc1nc2c(C)c(Cc3cccc4c3ccn4-c3ccccc3C(=O)O)c(-c3nc4ccccc4n3C)cc2[nH]1. The molecule has 44 heavy (non-hydrogen) atoms. The number of fused-ring (bicyclic) bond motifs is 3. The lowest BCUT2D eigenvalue weighted by atomic mass is 9.92. The van der Waals surface area contributed by atoms with Gasteiger partial charge in [0.05, 0.1) is 38.8 Å². The molecule has 3 aromatic heterocycles. The smallest absolute Gasteiger partial charge is 0.337 e. The lowest BCUT2D eigenvalue weighted by Crippen LogP contribution is -2.04. The molecule has 0 spiro atoms. The number of carboxylic acids is 1. The third-order valence-corrected chi connectivity index (χ3v) is 8.83. The second-order valence-electron chi connectivity index (χ2n) is 11.6. The fourth-order valence-electron chi connectivity index (χ4n) is 6.53. The molecule has 7 heteroatoms. The Kier molecular flexibility index (Phi) is 7.01. The molecule has 0 unspecified atom stereocenters. The van der Waals surface area contributed by atoms with Crippen molar-refractivity contribution in [3.05, 3.63) is 113 Å². The number of imidazole rings is 2. The standard InChI is InChI=1S/C37H35N5O2/c1-4-5-6-18-34-38-30-22-28(36-39-29-14-8-10-16-33(29)41(36)3)27(23(2)35(30)40-34)21-24-12-11-17-31-25(24)19-20-42(31)32-15-9-7-13-26(32)37(43)44/h7-17,19-20,22H,4-6,18,21H2,1-3H3,(H,38,40)(H,43,44). The van der Waals surface area contributed by atoms with E-state index in [0.29, 0.717) is 12.1 Å². The zero-order valence-electron chi connectivity index (χ0n) is 25.3. The molecule has 0 aliphatic heterocycles. The predicted molar refractivity (Wildman–Crippen MR) is 177 cm³/mol. The maximum absolute atomic E-state index is 12.0. The first-order valence-electron chi connectivity index (χ1n) is 15.3. The number of H-pyrrole nitrogens is 1. The van der Waals surface area contributed by atoms with E-state index in [0.717, 1.165) is 74.2 Å². The fraction of sp³-hybridized carbons (Fsp3) is 0.216. The number of nitrogens with zero attached hydrogens (tertiary/aromatic N) is 4. The summed E-state index contributed by atoms with van der Waals surface area (Å²) < 4.78 is 4.15. The number of aromatic amines is 1. The van der Waals surface area contributed by atoms with Crippen molar-refractivity contribution in [3.8, 4) is 17.1 Å². The normalized spacial score (nSPS) is 11.7. The minimum atomic E-state index is -0.942. The summed E-state index contributed by atoms with van der Waals surface area (Å²) in [6, 6.07) is 26.0. The van der Waals surface area contributed by atoms with Crippen molar-refractivity contribution in [2.45, 2.75) is 46.0 Å². The molecule has 0 aliphatic rings. The van der Waals surface area contributed by atoms with E-state index in [1.54, 1.807) is 12.1 Å². The highest BCUT2D eigenvalue weighted by Crippen LogP contribution is 2.36. The minimum Gasteiger partial charge on any atom is -0.478 e. The average Bonchev–Trinajstić information content (AvgIpc) is 3.74. The second-order valence-corrected chi connectivity index (χ2v) is 11.6. The van der Waals surface area contributed by atoms with Gasteiger partial charge in [0.2, 0.25) is 0 Å². The topological polar surface area (TPSA) is 88.7 Å². The summed E-state index contributed by atoms with van der Waals surface area (Å²) in [5.41, 5.74) is 10.6. The highest BCUT2D eigenvalue weighted by atomic mass is 16.4. The number of carbonyl (C=O) groups is 1. The van der Waals surface area contributed by atoms with E-state index in [2.05, 4.69) is 79.0 Å². The lowest BCUT2D eigenvalue weighted by molar-refractivity contribution is 0.0697. The maximum Gasteiger partial charge on any atom is 0.337 e. The zero-order valence-corrected chi connectivity index (χ0v) is 25.3. The number of hydrogen-bond donors (Lipinski definition) is 2. The van der Waals surface area contributed by atoms with Gasteiger partial charge in [-0.3, -0.25) is 0 Å². The summed E-state index contributed by atoms with van der Waals surface area (Å²) in [6.45, 7) is 4.40. The van der Waals surface area contributed by atoms with Crippen LogP contribution in [0.4, 0.5) is 0 Å². The summed E-state index contributed by atoms with van der Waals surface area (Å²) in [5, 5.41) is 10.9. The molecule has 2 N–H and O–H groups in total. The number of aromatic carboxylic acids is 1. The van der Waals surface area contributed by atoms with Crippen LogP contribution in [0.5, 0.6) is 0 Å². The molecular weight excluding hydrogens is 546 g/mol. The number of unbranched alkanes of at least 4 members (excludes halogenated alkanes) is 2. The first-order chi connectivity index (χ1) is 21.4. The summed E-state index contributed by atoms with van der Waals surface area (Å²) in [6.07, 6.45) is 7.06. The molecule has 3 heterocycles. The number of aromatic nitrogens is 5. The van der Waals surface area contributed by atoms with Crippen LogP contribution in [0.25, 0.3) is 50.0 Å². The van der Waals surface area contributed by atoms with E-state index >= 15 is 0 Å². The van der Waals surface area contributed by atoms with E-state index in [4.69, 9.17) is 9.97 Å². The molecule has 4 aromatic carbocycles. The van der Waals surface area contributed by atoms with E-state index in [-0.39, 0.29) is 5.56 Å². The molecule has 0 atom stereocenters. The van der Waals surface area contributed by atoms with Gasteiger partial charge in [0.15, 0.2) is 0 Å². The van der Waals surface area contributed by atoms with E-state index in [9.17, 15) is 9.90 Å². The van der Waals surface area contributed by atoms with Crippen LogP contribution in [0.15, 0.2) is 85.1 Å². The van der Waals surface area contributed by atoms with Crippen LogP contribution in [0, 0.1) is 6.92 Å². The Morgan fingerprint density at radius 2 is 1.73 bits per heavy atom. The van der Waals surface area contributed by atoms with E-state index in [1.165, 1.54) is 18.4 Å². The predicted octanol–water partition coefficient (Wildman–Crippen LogP) is 8.39. The molecular formula is C37H35N5O2. The Hall–Kier alpha value is -5.17. The number of nitrogens with one attached hydrogen (secondary N) is 1. The first-order valence-corrected chi connectivity index (χ1v) is 15.3. The van der Waals surface area contributed by atoms with Gasteiger partial charge in [0.1, 0.15) is 11.6 Å². The lowest BCUT2D eigenvalue weighted by Gasteiger charge is -2.15. The van der Waals surface area contributed by atoms with Crippen LogP contribution >= 0.6 is 0 Å². The summed E-state index contributed by atoms with van der Waals surface area (Å²) >= 11 is 0. The van der Waals surface area contributed by atoms with Crippen LogP contribution in [0.3, 0.4) is 0 Å². The Morgan fingerprint density at radius 1 is 0.932 bits per heavy atom. The zero-order chi connectivity index (χ0) is 30.4. The molecule has 0 aliphatic carbocycles. The van der Waals surface area contributed by atoms with Gasteiger partial charge >= 0.3 is 5.97 Å². The van der Waals surface area contributed by atoms with Crippen molar-refractivity contribution in [2.75, 3.05) is 0 Å². The molecule has 0 bridgehead atoms.